The fourth-order valence-electron chi connectivity index (χ4n) is 3.10. The van der Waals surface area contributed by atoms with E-state index in [1.165, 1.54) is 22.0 Å². The lowest BCUT2D eigenvalue weighted by Gasteiger charge is -2.32. The van der Waals surface area contributed by atoms with Gasteiger partial charge in [0.05, 0.1) is 16.4 Å². The normalized spacial score (nSPS) is 15.3. The Morgan fingerprint density at radius 2 is 2.15 bits per heavy atom. The van der Waals surface area contributed by atoms with Gasteiger partial charge in [0.1, 0.15) is 5.69 Å². The number of benzene rings is 1. The van der Waals surface area contributed by atoms with Gasteiger partial charge in [0, 0.05) is 36.4 Å². The zero-order valence-electron chi connectivity index (χ0n) is 14.4. The molecule has 1 aliphatic heterocycles. The molecule has 3 aromatic rings. The van der Waals surface area contributed by atoms with Gasteiger partial charge in [0.2, 0.25) is 0 Å². The monoisotopic (exact) mass is 385 g/mol. The zero-order valence-corrected chi connectivity index (χ0v) is 16.0. The molecule has 1 aliphatic rings. The Kier molecular flexibility index (Phi) is 5.03. The molecule has 1 aromatic carbocycles. The molecule has 1 N–H and O–H groups in total. The van der Waals surface area contributed by atoms with Crippen molar-refractivity contribution in [2.24, 2.45) is 0 Å². The summed E-state index contributed by atoms with van der Waals surface area (Å²) in [6.45, 7) is 1.78. The number of piperidine rings is 1. The van der Waals surface area contributed by atoms with Crippen molar-refractivity contribution >= 4 is 44.4 Å². The number of anilines is 1. The number of amides is 1. The van der Waals surface area contributed by atoms with Crippen molar-refractivity contribution in [3.63, 3.8) is 0 Å². The van der Waals surface area contributed by atoms with Gasteiger partial charge in [-0.25, -0.2) is 9.97 Å². The third kappa shape index (κ3) is 3.52. The van der Waals surface area contributed by atoms with Crippen LogP contribution in [0.15, 0.2) is 41.7 Å². The molecule has 2 aromatic heterocycles. The zero-order chi connectivity index (χ0) is 17.9. The van der Waals surface area contributed by atoms with E-state index in [4.69, 9.17) is 4.98 Å². The molecule has 1 amide bonds. The Hall–Kier alpha value is -2.19. The van der Waals surface area contributed by atoms with Crippen LogP contribution in [0.25, 0.3) is 10.2 Å². The number of thioether (sulfide) groups is 1. The predicted molar refractivity (Wildman–Crippen MR) is 106 cm³/mol. The minimum absolute atomic E-state index is 0.152. The van der Waals surface area contributed by atoms with Crippen molar-refractivity contribution < 1.29 is 4.79 Å². The van der Waals surface area contributed by atoms with Crippen LogP contribution < -0.4 is 10.2 Å². The molecule has 4 rings (SSSR count). The highest BCUT2D eigenvalue weighted by Crippen LogP contribution is 2.34. The van der Waals surface area contributed by atoms with E-state index in [2.05, 4.69) is 44.6 Å². The molecule has 0 saturated carbocycles. The van der Waals surface area contributed by atoms with Crippen molar-refractivity contribution in [2.75, 3.05) is 24.2 Å². The fourth-order valence-corrected chi connectivity index (χ4v) is 4.77. The van der Waals surface area contributed by atoms with Gasteiger partial charge in [0.15, 0.2) is 5.13 Å². The molecule has 134 valence electrons. The number of carbonyl (C=O) groups is 1. The Balaban J connectivity index is 1.40. The SMILES string of the molecule is CSc1cccc2sc(N3CCC(NC(=O)c4cnccn4)CC3)nc12. The molecule has 1 fully saturated rings. The van der Waals surface area contributed by atoms with E-state index in [-0.39, 0.29) is 11.9 Å². The lowest BCUT2D eigenvalue weighted by molar-refractivity contribution is 0.0925. The van der Waals surface area contributed by atoms with Crippen molar-refractivity contribution in [1.29, 1.82) is 0 Å². The summed E-state index contributed by atoms with van der Waals surface area (Å²) in [7, 11) is 0. The topological polar surface area (TPSA) is 71.0 Å². The van der Waals surface area contributed by atoms with Crippen LogP contribution in [0.1, 0.15) is 23.3 Å². The Morgan fingerprint density at radius 1 is 1.31 bits per heavy atom. The van der Waals surface area contributed by atoms with Crippen LogP contribution in [0.4, 0.5) is 5.13 Å². The predicted octanol–water partition coefficient (Wildman–Crippen LogP) is 3.21. The second kappa shape index (κ2) is 7.59. The van der Waals surface area contributed by atoms with Crippen molar-refractivity contribution in [1.82, 2.24) is 20.3 Å². The van der Waals surface area contributed by atoms with Crippen molar-refractivity contribution in [2.45, 2.75) is 23.8 Å². The van der Waals surface area contributed by atoms with Crippen LogP contribution in [0.2, 0.25) is 0 Å². The van der Waals surface area contributed by atoms with Crippen molar-refractivity contribution in [3.05, 3.63) is 42.5 Å². The number of aromatic nitrogens is 3. The van der Waals surface area contributed by atoms with Gasteiger partial charge >= 0.3 is 0 Å². The largest absolute Gasteiger partial charge is 0.348 e. The molecule has 0 atom stereocenters. The van der Waals surface area contributed by atoms with Crippen LogP contribution in [0.5, 0.6) is 0 Å². The molecular weight excluding hydrogens is 366 g/mol. The lowest BCUT2D eigenvalue weighted by Crippen LogP contribution is -2.44. The summed E-state index contributed by atoms with van der Waals surface area (Å²) in [5.74, 6) is -0.152. The number of hydrogen-bond acceptors (Lipinski definition) is 7. The quantitative estimate of drug-likeness (QED) is 0.696. The van der Waals surface area contributed by atoms with Crippen LogP contribution in [-0.2, 0) is 0 Å². The average Bonchev–Trinajstić information content (AvgIpc) is 3.13. The van der Waals surface area contributed by atoms with Gasteiger partial charge in [0.25, 0.3) is 5.91 Å². The first-order valence-electron chi connectivity index (χ1n) is 8.50. The molecular formula is C18H19N5OS2. The number of fused-ring (bicyclic) bond motifs is 1. The Labute approximate surface area is 160 Å². The molecule has 6 nitrogen and oxygen atoms in total. The van der Waals surface area contributed by atoms with Crippen LogP contribution in [0, 0.1) is 0 Å². The van der Waals surface area contributed by atoms with E-state index < -0.39 is 0 Å². The molecule has 0 spiro atoms. The first-order valence-corrected chi connectivity index (χ1v) is 10.5. The second-order valence-electron chi connectivity index (χ2n) is 6.13. The molecule has 3 heterocycles. The number of nitrogens with zero attached hydrogens (tertiary/aromatic N) is 4. The fraction of sp³-hybridized carbons (Fsp3) is 0.333. The third-order valence-corrected chi connectivity index (χ3v) is 6.34. The molecule has 8 heteroatoms. The number of para-hydroxylation sites is 1. The second-order valence-corrected chi connectivity index (χ2v) is 7.99. The summed E-state index contributed by atoms with van der Waals surface area (Å²) in [5, 5.41) is 4.13. The Bertz CT molecular complexity index is 906. The summed E-state index contributed by atoms with van der Waals surface area (Å²) in [6.07, 6.45) is 8.48. The van der Waals surface area contributed by atoms with Crippen LogP contribution in [-0.4, -0.2) is 46.2 Å². The molecule has 26 heavy (non-hydrogen) atoms. The highest BCUT2D eigenvalue weighted by Gasteiger charge is 2.23. The molecule has 0 radical (unpaired) electrons. The number of thiazole rings is 1. The summed E-state index contributed by atoms with van der Waals surface area (Å²) in [5.41, 5.74) is 1.46. The third-order valence-electron chi connectivity index (χ3n) is 4.49. The number of nitrogens with one attached hydrogen (secondary N) is 1. The summed E-state index contributed by atoms with van der Waals surface area (Å²) >= 11 is 3.47. The van der Waals surface area contributed by atoms with Crippen LogP contribution in [0.3, 0.4) is 0 Å². The maximum absolute atomic E-state index is 12.2. The van der Waals surface area contributed by atoms with Gasteiger partial charge in [-0.3, -0.25) is 9.78 Å². The minimum Gasteiger partial charge on any atom is -0.348 e. The highest BCUT2D eigenvalue weighted by molar-refractivity contribution is 7.98. The first-order chi connectivity index (χ1) is 12.7. The highest BCUT2D eigenvalue weighted by atomic mass is 32.2. The Morgan fingerprint density at radius 3 is 2.88 bits per heavy atom. The first kappa shape index (κ1) is 17.2. The molecule has 0 aliphatic carbocycles. The van der Waals surface area contributed by atoms with E-state index >= 15 is 0 Å². The van der Waals surface area contributed by atoms with Gasteiger partial charge in [-0.1, -0.05) is 17.4 Å². The van der Waals surface area contributed by atoms with Gasteiger partial charge in [-0.2, -0.15) is 0 Å². The van der Waals surface area contributed by atoms with E-state index in [1.807, 2.05) is 0 Å². The average molecular weight is 386 g/mol. The lowest BCUT2D eigenvalue weighted by atomic mass is 10.1. The van der Waals surface area contributed by atoms with E-state index in [1.54, 1.807) is 29.3 Å². The van der Waals surface area contributed by atoms with Gasteiger partial charge in [-0.15, -0.1) is 11.8 Å². The van der Waals surface area contributed by atoms with E-state index in [9.17, 15) is 4.79 Å². The number of hydrogen-bond donors (Lipinski definition) is 1. The van der Waals surface area contributed by atoms with Gasteiger partial charge in [-0.05, 0) is 31.2 Å². The maximum Gasteiger partial charge on any atom is 0.271 e. The van der Waals surface area contributed by atoms with E-state index in [0.29, 0.717) is 5.69 Å². The van der Waals surface area contributed by atoms with Crippen molar-refractivity contribution in [3.8, 4) is 0 Å². The summed E-state index contributed by atoms with van der Waals surface area (Å²) in [4.78, 5) is 28.6. The molecule has 1 saturated heterocycles. The summed E-state index contributed by atoms with van der Waals surface area (Å²) in [6, 6.07) is 6.50. The van der Waals surface area contributed by atoms with Crippen LogP contribution >= 0.6 is 23.1 Å². The molecule has 0 unspecified atom stereocenters. The number of carbonyl (C=O) groups excluding carboxylic acids is 1. The van der Waals surface area contributed by atoms with Gasteiger partial charge < -0.3 is 10.2 Å². The standard InChI is InChI=1S/C18H19N5OS2/c1-25-14-3-2-4-15-16(14)22-18(26-15)23-9-5-12(6-10-23)21-17(24)13-11-19-7-8-20-13/h2-4,7-8,11-12H,5-6,9-10H2,1H3,(H,21,24). The molecule has 0 bridgehead atoms. The minimum atomic E-state index is -0.152. The smallest absolute Gasteiger partial charge is 0.271 e. The number of rotatable bonds is 4. The summed E-state index contributed by atoms with van der Waals surface area (Å²) < 4.78 is 1.23. The van der Waals surface area contributed by atoms with E-state index in [0.717, 1.165) is 36.6 Å². The maximum atomic E-state index is 12.2.